The maximum Gasteiger partial charge on any atom is 0.230 e. The Hall–Kier alpha value is -1.18. The maximum atomic E-state index is 12.2. The fourth-order valence-electron chi connectivity index (χ4n) is 2.93. The average Bonchev–Trinajstić information content (AvgIpc) is 2.81. The predicted molar refractivity (Wildman–Crippen MR) is 96.2 cm³/mol. The van der Waals surface area contributed by atoms with Crippen LogP contribution in [0.15, 0.2) is 11.4 Å². The van der Waals surface area contributed by atoms with E-state index in [4.69, 9.17) is 0 Å². The Morgan fingerprint density at radius 1 is 1.48 bits per heavy atom. The summed E-state index contributed by atoms with van der Waals surface area (Å²) in [7, 11) is 0. The molecule has 5 nitrogen and oxygen atoms in total. The maximum absolute atomic E-state index is 12.2. The number of thioether (sulfide) groups is 1. The van der Waals surface area contributed by atoms with Gasteiger partial charge in [0.2, 0.25) is 5.91 Å². The van der Waals surface area contributed by atoms with Gasteiger partial charge in [-0.1, -0.05) is 11.8 Å². The summed E-state index contributed by atoms with van der Waals surface area (Å²) in [6.45, 7) is 7.32. The quantitative estimate of drug-likeness (QED) is 0.655. The third-order valence-corrected chi connectivity index (χ3v) is 6.36. The van der Waals surface area contributed by atoms with Crippen LogP contribution in [0.4, 0.5) is 0 Å². The molecule has 23 heavy (non-hydrogen) atoms. The number of rotatable bonds is 4. The Morgan fingerprint density at radius 3 is 3.09 bits per heavy atom. The molecule has 124 valence electrons. The van der Waals surface area contributed by atoms with E-state index in [0.717, 1.165) is 34.6 Å². The third-order valence-electron chi connectivity index (χ3n) is 4.26. The summed E-state index contributed by atoms with van der Waals surface area (Å²) in [5.74, 6) is 0.490. The van der Waals surface area contributed by atoms with Crippen molar-refractivity contribution in [3.63, 3.8) is 0 Å². The second-order valence-electron chi connectivity index (χ2n) is 6.07. The number of nitrogens with one attached hydrogen (secondary N) is 2. The minimum atomic E-state index is 0.0884. The van der Waals surface area contributed by atoms with Crippen LogP contribution < -0.4 is 10.6 Å². The number of aryl methyl sites for hydroxylation is 2. The van der Waals surface area contributed by atoms with Crippen molar-refractivity contribution >= 4 is 39.2 Å². The first-order valence-electron chi connectivity index (χ1n) is 7.91. The minimum absolute atomic E-state index is 0.0884. The lowest BCUT2D eigenvalue weighted by molar-refractivity contribution is -0.119. The highest BCUT2D eigenvalue weighted by atomic mass is 32.2. The topological polar surface area (TPSA) is 66.9 Å². The molecule has 1 saturated heterocycles. The first kappa shape index (κ1) is 16.7. The lowest BCUT2D eigenvalue weighted by Gasteiger charge is -2.28. The van der Waals surface area contributed by atoms with Gasteiger partial charge < -0.3 is 10.6 Å². The van der Waals surface area contributed by atoms with E-state index in [1.54, 1.807) is 17.7 Å². The molecule has 0 aromatic carbocycles. The van der Waals surface area contributed by atoms with Crippen LogP contribution in [0.1, 0.15) is 30.2 Å². The lowest BCUT2D eigenvalue weighted by atomic mass is 10.0. The van der Waals surface area contributed by atoms with Crippen LogP contribution in [0.3, 0.4) is 0 Å². The molecule has 3 rings (SSSR count). The molecule has 0 bridgehead atoms. The van der Waals surface area contributed by atoms with Crippen molar-refractivity contribution in [2.45, 2.75) is 50.7 Å². The van der Waals surface area contributed by atoms with E-state index < -0.39 is 0 Å². The van der Waals surface area contributed by atoms with Crippen LogP contribution in [0, 0.1) is 13.8 Å². The van der Waals surface area contributed by atoms with Gasteiger partial charge in [-0.05, 0) is 45.7 Å². The lowest BCUT2D eigenvalue weighted by Crippen LogP contribution is -2.47. The Kier molecular flexibility index (Phi) is 5.18. The zero-order chi connectivity index (χ0) is 16.4. The van der Waals surface area contributed by atoms with Crippen LogP contribution in [-0.4, -0.2) is 40.3 Å². The second kappa shape index (κ2) is 7.15. The van der Waals surface area contributed by atoms with E-state index in [-0.39, 0.29) is 11.9 Å². The van der Waals surface area contributed by atoms with Crippen molar-refractivity contribution in [3.8, 4) is 0 Å². The monoisotopic (exact) mass is 350 g/mol. The summed E-state index contributed by atoms with van der Waals surface area (Å²) in [6, 6.07) is 0.759. The number of thiophene rings is 1. The van der Waals surface area contributed by atoms with E-state index in [9.17, 15) is 4.79 Å². The molecule has 1 fully saturated rings. The summed E-state index contributed by atoms with van der Waals surface area (Å²) in [6.07, 6.45) is 3.59. The molecule has 1 amide bonds. The molecule has 0 spiro atoms. The number of hydrogen-bond acceptors (Lipinski definition) is 6. The Bertz CT molecular complexity index is 715. The second-order valence-corrected chi connectivity index (χ2v) is 8.24. The van der Waals surface area contributed by atoms with E-state index >= 15 is 0 Å². The zero-order valence-electron chi connectivity index (χ0n) is 13.7. The number of nitrogens with zero attached hydrogens (tertiary/aromatic N) is 2. The van der Waals surface area contributed by atoms with Gasteiger partial charge in [-0.3, -0.25) is 4.79 Å². The number of carbonyl (C=O) groups is 1. The van der Waals surface area contributed by atoms with Crippen molar-refractivity contribution in [3.05, 3.63) is 16.8 Å². The van der Waals surface area contributed by atoms with E-state index in [1.807, 2.05) is 0 Å². The van der Waals surface area contributed by atoms with Gasteiger partial charge in [-0.25, -0.2) is 9.97 Å². The average molecular weight is 351 g/mol. The van der Waals surface area contributed by atoms with Crippen LogP contribution in [-0.2, 0) is 4.79 Å². The first-order chi connectivity index (χ1) is 11.0. The normalized spacial score (nSPS) is 21.5. The van der Waals surface area contributed by atoms with Crippen molar-refractivity contribution in [1.82, 2.24) is 20.6 Å². The van der Waals surface area contributed by atoms with Gasteiger partial charge in [0.15, 0.2) is 0 Å². The van der Waals surface area contributed by atoms with Gasteiger partial charge in [0.25, 0.3) is 0 Å². The molecule has 2 N–H and O–H groups in total. The molecule has 1 aliphatic heterocycles. The Balaban J connectivity index is 1.63. The molecular weight excluding hydrogens is 328 g/mol. The highest BCUT2D eigenvalue weighted by Gasteiger charge is 2.20. The van der Waals surface area contributed by atoms with E-state index in [0.29, 0.717) is 11.8 Å². The summed E-state index contributed by atoms with van der Waals surface area (Å²) in [4.78, 5) is 23.2. The smallest absolute Gasteiger partial charge is 0.230 e. The molecule has 7 heteroatoms. The molecule has 1 aliphatic rings. The van der Waals surface area contributed by atoms with Crippen molar-refractivity contribution < 1.29 is 4.79 Å². The number of hydrogen-bond donors (Lipinski definition) is 2. The fourth-order valence-corrected chi connectivity index (χ4v) is 4.85. The van der Waals surface area contributed by atoms with Crippen molar-refractivity contribution in [2.24, 2.45) is 0 Å². The van der Waals surface area contributed by atoms with E-state index in [2.05, 4.69) is 41.4 Å². The van der Waals surface area contributed by atoms with Gasteiger partial charge in [0.1, 0.15) is 16.2 Å². The Labute approximate surface area is 144 Å². The summed E-state index contributed by atoms with van der Waals surface area (Å²) >= 11 is 3.19. The van der Waals surface area contributed by atoms with Crippen LogP contribution in [0.25, 0.3) is 10.2 Å². The Morgan fingerprint density at radius 2 is 2.30 bits per heavy atom. The SMILES string of the molecule is Cc1sc2ncnc(SCC(=O)NC3CCNC(C)C3)c2c1C. The third kappa shape index (κ3) is 3.84. The molecule has 2 unspecified atom stereocenters. The summed E-state index contributed by atoms with van der Waals surface area (Å²) < 4.78 is 0. The molecule has 2 aromatic heterocycles. The number of fused-ring (bicyclic) bond motifs is 1. The van der Waals surface area contributed by atoms with Crippen molar-refractivity contribution in [1.29, 1.82) is 0 Å². The highest BCUT2D eigenvalue weighted by Crippen LogP contribution is 2.34. The molecule has 3 heterocycles. The first-order valence-corrected chi connectivity index (χ1v) is 9.71. The number of carbonyl (C=O) groups excluding carboxylic acids is 1. The summed E-state index contributed by atoms with van der Waals surface area (Å²) in [5, 5.41) is 8.55. The largest absolute Gasteiger partial charge is 0.353 e. The highest BCUT2D eigenvalue weighted by molar-refractivity contribution is 8.00. The minimum Gasteiger partial charge on any atom is -0.353 e. The van der Waals surface area contributed by atoms with Crippen LogP contribution in [0.2, 0.25) is 0 Å². The summed E-state index contributed by atoms with van der Waals surface area (Å²) in [5.41, 5.74) is 1.22. The van der Waals surface area contributed by atoms with Crippen LogP contribution >= 0.6 is 23.1 Å². The number of amides is 1. The zero-order valence-corrected chi connectivity index (χ0v) is 15.3. The molecule has 0 radical (unpaired) electrons. The van der Waals surface area contributed by atoms with Gasteiger partial charge in [-0.15, -0.1) is 11.3 Å². The van der Waals surface area contributed by atoms with Crippen molar-refractivity contribution in [2.75, 3.05) is 12.3 Å². The molecule has 2 atom stereocenters. The predicted octanol–water partition coefficient (Wildman–Crippen LogP) is 2.66. The van der Waals surface area contributed by atoms with E-state index in [1.165, 1.54) is 22.2 Å². The molecule has 0 aliphatic carbocycles. The molecule has 0 saturated carbocycles. The standard InChI is InChI=1S/C16H22N4OS2/c1-9-6-12(4-5-17-9)20-13(21)7-22-15-14-10(2)11(3)23-16(14)19-8-18-15/h8-9,12,17H,4-7H2,1-3H3,(H,20,21). The number of piperidine rings is 1. The fraction of sp³-hybridized carbons (Fsp3) is 0.562. The molecule has 2 aromatic rings. The molecular formula is C16H22N4OS2. The van der Waals surface area contributed by atoms with Gasteiger partial charge in [0.05, 0.1) is 5.75 Å². The van der Waals surface area contributed by atoms with Gasteiger partial charge in [-0.2, -0.15) is 0 Å². The number of aromatic nitrogens is 2. The van der Waals surface area contributed by atoms with Gasteiger partial charge in [0, 0.05) is 22.3 Å². The van der Waals surface area contributed by atoms with Gasteiger partial charge >= 0.3 is 0 Å². The van der Waals surface area contributed by atoms with Crippen LogP contribution in [0.5, 0.6) is 0 Å².